The molecule has 12 heavy (non-hydrogen) atoms. The van der Waals surface area contributed by atoms with Crippen LogP contribution in [0.3, 0.4) is 0 Å². The highest BCUT2D eigenvalue weighted by Gasteiger charge is 2.00. The van der Waals surface area contributed by atoms with E-state index in [1.54, 1.807) is 23.3 Å². The second-order valence-corrected chi connectivity index (χ2v) is 3.55. The second-order valence-electron chi connectivity index (χ2n) is 2.25. The van der Waals surface area contributed by atoms with Gasteiger partial charge >= 0.3 is 0 Å². The number of aryl methyl sites for hydroxylation is 1. The Morgan fingerprint density at radius 2 is 2.58 bits per heavy atom. The van der Waals surface area contributed by atoms with Crippen LogP contribution in [0.4, 0.5) is 0 Å². The Balaban J connectivity index is 2.38. The molecule has 0 atom stereocenters. The summed E-state index contributed by atoms with van der Waals surface area (Å²) in [5.41, 5.74) is 0. The molecule has 3 nitrogen and oxygen atoms in total. The van der Waals surface area contributed by atoms with Gasteiger partial charge in [0, 0.05) is 19.2 Å². The molecule has 0 spiro atoms. The maximum absolute atomic E-state index is 10.9. The van der Waals surface area contributed by atoms with Gasteiger partial charge in [-0.1, -0.05) is 23.4 Å². The molecule has 1 aromatic rings. The quantitative estimate of drug-likeness (QED) is 0.754. The number of thioether (sulfide) groups is 1. The maximum Gasteiger partial charge on any atom is 0.190 e. The molecule has 1 aromatic heterocycles. The van der Waals surface area contributed by atoms with Crippen LogP contribution in [0.5, 0.6) is 0 Å². The predicted molar refractivity (Wildman–Crippen MR) is 50.4 cm³/mol. The van der Waals surface area contributed by atoms with Crippen LogP contribution in [0.2, 0.25) is 5.02 Å². The van der Waals surface area contributed by atoms with E-state index in [0.29, 0.717) is 18.0 Å². The highest BCUT2D eigenvalue weighted by molar-refractivity contribution is 8.13. The van der Waals surface area contributed by atoms with E-state index < -0.39 is 0 Å². The van der Waals surface area contributed by atoms with E-state index >= 15 is 0 Å². The van der Waals surface area contributed by atoms with Gasteiger partial charge in [0.2, 0.25) is 0 Å². The zero-order chi connectivity index (χ0) is 8.97. The molecule has 1 heterocycles. The normalized spacial score (nSPS) is 10.2. The van der Waals surface area contributed by atoms with Gasteiger partial charge in [-0.15, -0.1) is 0 Å². The van der Waals surface area contributed by atoms with Gasteiger partial charge in [0.1, 0.15) is 0 Å². The number of nitrogens with zero attached hydrogens (tertiary/aromatic N) is 2. The first-order valence-electron chi connectivity index (χ1n) is 3.47. The highest BCUT2D eigenvalue weighted by atomic mass is 35.5. The van der Waals surface area contributed by atoms with E-state index in [9.17, 15) is 4.79 Å². The number of rotatable bonds is 3. The first kappa shape index (κ1) is 9.61. The first-order chi connectivity index (χ1) is 5.72. The van der Waals surface area contributed by atoms with Gasteiger partial charge < -0.3 is 0 Å². The Hall–Kier alpha value is -0.480. The fourth-order valence-electron chi connectivity index (χ4n) is 0.769. The van der Waals surface area contributed by atoms with Crippen molar-refractivity contribution >= 4 is 28.5 Å². The standard InChI is InChI=1S/C7H9ClN2OS/c1-12-7(11)2-3-10-5-6(8)4-9-10/h4-5H,2-3H2,1H3. The number of carbonyl (C=O) groups excluding carboxylic acids is 1. The van der Waals surface area contributed by atoms with Crippen molar-refractivity contribution in [3.05, 3.63) is 17.4 Å². The molecule has 0 radical (unpaired) electrons. The minimum atomic E-state index is 0.168. The molecule has 0 N–H and O–H groups in total. The fourth-order valence-corrected chi connectivity index (χ4v) is 1.22. The van der Waals surface area contributed by atoms with Crippen molar-refractivity contribution in [2.45, 2.75) is 13.0 Å². The van der Waals surface area contributed by atoms with Crippen molar-refractivity contribution in [1.29, 1.82) is 0 Å². The number of aromatic nitrogens is 2. The molecule has 0 unspecified atom stereocenters. The van der Waals surface area contributed by atoms with Gasteiger partial charge in [0.05, 0.1) is 11.2 Å². The maximum atomic E-state index is 10.9. The fraction of sp³-hybridized carbons (Fsp3) is 0.429. The van der Waals surface area contributed by atoms with Crippen molar-refractivity contribution in [3.8, 4) is 0 Å². The molecular weight excluding hydrogens is 196 g/mol. The Morgan fingerprint density at radius 3 is 3.08 bits per heavy atom. The SMILES string of the molecule is CSC(=O)CCn1cc(Cl)cn1. The molecule has 66 valence electrons. The molecule has 0 aliphatic carbocycles. The summed E-state index contributed by atoms with van der Waals surface area (Å²) in [6.45, 7) is 0.604. The molecule has 1 rings (SSSR count). The lowest BCUT2D eigenvalue weighted by molar-refractivity contribution is -0.111. The van der Waals surface area contributed by atoms with E-state index in [2.05, 4.69) is 5.10 Å². The monoisotopic (exact) mass is 204 g/mol. The van der Waals surface area contributed by atoms with E-state index in [4.69, 9.17) is 11.6 Å². The van der Waals surface area contributed by atoms with Crippen LogP contribution in [-0.2, 0) is 11.3 Å². The van der Waals surface area contributed by atoms with Gasteiger partial charge in [-0.2, -0.15) is 5.10 Å². The average molecular weight is 205 g/mol. The second kappa shape index (κ2) is 4.52. The third-order valence-corrected chi connectivity index (χ3v) is 2.23. The number of hydrogen-bond acceptors (Lipinski definition) is 3. The zero-order valence-electron chi connectivity index (χ0n) is 6.66. The topological polar surface area (TPSA) is 34.9 Å². The summed E-state index contributed by atoms with van der Waals surface area (Å²) in [5.74, 6) is 0. The molecule has 0 aliphatic rings. The summed E-state index contributed by atoms with van der Waals surface area (Å²) >= 11 is 6.87. The minimum absolute atomic E-state index is 0.168. The van der Waals surface area contributed by atoms with Crippen LogP contribution in [0.15, 0.2) is 12.4 Å². The first-order valence-corrected chi connectivity index (χ1v) is 5.07. The highest BCUT2D eigenvalue weighted by Crippen LogP contribution is 2.06. The lowest BCUT2D eigenvalue weighted by Gasteiger charge is -1.97. The summed E-state index contributed by atoms with van der Waals surface area (Å²) in [4.78, 5) is 10.9. The molecule has 5 heteroatoms. The Bertz CT molecular complexity index is 274. The molecule has 0 aromatic carbocycles. The molecule has 0 bridgehead atoms. The van der Waals surface area contributed by atoms with Crippen LogP contribution < -0.4 is 0 Å². The Kier molecular flexibility index (Phi) is 3.62. The van der Waals surface area contributed by atoms with E-state index in [1.165, 1.54) is 11.8 Å². The average Bonchev–Trinajstić information content (AvgIpc) is 2.47. The number of carbonyl (C=O) groups is 1. The van der Waals surface area contributed by atoms with Gasteiger partial charge in [-0.05, 0) is 6.26 Å². The van der Waals surface area contributed by atoms with Crippen molar-refractivity contribution in [2.75, 3.05) is 6.26 Å². The van der Waals surface area contributed by atoms with Crippen LogP contribution in [0.25, 0.3) is 0 Å². The number of hydrogen-bond donors (Lipinski definition) is 0. The van der Waals surface area contributed by atoms with E-state index in [-0.39, 0.29) is 5.12 Å². The van der Waals surface area contributed by atoms with E-state index in [1.807, 2.05) is 0 Å². The van der Waals surface area contributed by atoms with Crippen molar-refractivity contribution < 1.29 is 4.79 Å². The summed E-state index contributed by atoms with van der Waals surface area (Å²) in [6, 6.07) is 0. The Morgan fingerprint density at radius 1 is 1.83 bits per heavy atom. The summed E-state index contributed by atoms with van der Waals surface area (Å²) < 4.78 is 1.66. The summed E-state index contributed by atoms with van der Waals surface area (Å²) in [7, 11) is 0. The smallest absolute Gasteiger partial charge is 0.190 e. The number of halogens is 1. The van der Waals surface area contributed by atoms with Crippen LogP contribution in [0.1, 0.15) is 6.42 Å². The molecule has 0 aliphatic heterocycles. The van der Waals surface area contributed by atoms with Crippen LogP contribution in [0, 0.1) is 0 Å². The zero-order valence-corrected chi connectivity index (χ0v) is 8.23. The van der Waals surface area contributed by atoms with Gasteiger partial charge in [-0.25, -0.2) is 0 Å². The molecule has 0 saturated carbocycles. The molecule has 0 fully saturated rings. The summed E-state index contributed by atoms with van der Waals surface area (Å²) in [6.07, 6.45) is 5.54. The molecule has 0 saturated heterocycles. The summed E-state index contributed by atoms with van der Waals surface area (Å²) in [5, 5.41) is 4.72. The lowest BCUT2D eigenvalue weighted by Crippen LogP contribution is -2.02. The lowest BCUT2D eigenvalue weighted by atomic mass is 10.5. The minimum Gasteiger partial charge on any atom is -0.287 e. The largest absolute Gasteiger partial charge is 0.287 e. The van der Waals surface area contributed by atoms with Crippen LogP contribution in [-0.4, -0.2) is 21.2 Å². The third-order valence-electron chi connectivity index (χ3n) is 1.37. The molecule has 0 amide bonds. The van der Waals surface area contributed by atoms with Gasteiger partial charge in [0.25, 0.3) is 0 Å². The van der Waals surface area contributed by atoms with Crippen molar-refractivity contribution in [3.63, 3.8) is 0 Å². The van der Waals surface area contributed by atoms with Crippen molar-refractivity contribution in [1.82, 2.24) is 9.78 Å². The van der Waals surface area contributed by atoms with E-state index in [0.717, 1.165) is 0 Å². The van der Waals surface area contributed by atoms with Gasteiger partial charge in [0.15, 0.2) is 5.12 Å². The third kappa shape index (κ3) is 2.87. The van der Waals surface area contributed by atoms with Crippen LogP contribution >= 0.6 is 23.4 Å². The predicted octanol–water partition coefficient (Wildman–Crippen LogP) is 1.82. The molecular formula is C7H9ClN2OS. The van der Waals surface area contributed by atoms with Gasteiger partial charge in [-0.3, -0.25) is 9.48 Å². The van der Waals surface area contributed by atoms with Crippen molar-refractivity contribution in [2.24, 2.45) is 0 Å². The Labute approximate surface area is 80.1 Å².